The van der Waals surface area contributed by atoms with E-state index in [-0.39, 0.29) is 11.7 Å². The third-order valence-corrected chi connectivity index (χ3v) is 4.21. The first-order valence-corrected chi connectivity index (χ1v) is 8.02. The summed E-state index contributed by atoms with van der Waals surface area (Å²) in [5, 5.41) is 10.6. The summed E-state index contributed by atoms with van der Waals surface area (Å²) in [6.45, 7) is 3.75. The highest BCUT2D eigenvalue weighted by Gasteiger charge is 2.32. The maximum atomic E-state index is 12.5. The van der Waals surface area contributed by atoms with Gasteiger partial charge in [0.2, 0.25) is 0 Å². The molecule has 126 valence electrons. The number of ketones is 1. The number of ether oxygens (including phenoxy) is 1. The van der Waals surface area contributed by atoms with E-state index in [1.165, 1.54) is 0 Å². The number of H-pyrrole nitrogens is 1. The van der Waals surface area contributed by atoms with E-state index in [1.54, 1.807) is 24.4 Å². The molecule has 0 fully saturated rings. The lowest BCUT2D eigenvalue weighted by atomic mass is 9.92. The van der Waals surface area contributed by atoms with Crippen LogP contribution in [0.25, 0.3) is 10.9 Å². The molecule has 0 atom stereocenters. The lowest BCUT2D eigenvalue weighted by Gasteiger charge is -2.31. The molecular formula is C19H17N3O3. The average molecular weight is 335 g/mol. The summed E-state index contributed by atoms with van der Waals surface area (Å²) in [5.74, 6) is 0.232. The second-order valence-electron chi connectivity index (χ2n) is 6.80. The number of aromatic nitrogens is 2. The molecule has 0 radical (unpaired) electrons. The molecule has 0 bridgehead atoms. The summed E-state index contributed by atoms with van der Waals surface area (Å²) in [4.78, 5) is 24.8. The van der Waals surface area contributed by atoms with Gasteiger partial charge in [-0.3, -0.25) is 14.7 Å². The fourth-order valence-corrected chi connectivity index (χ4v) is 3.01. The molecule has 3 aromatic rings. The van der Waals surface area contributed by atoms with Gasteiger partial charge in [0.1, 0.15) is 11.4 Å². The minimum atomic E-state index is -0.520. The topological polar surface area (TPSA) is 84.1 Å². The van der Waals surface area contributed by atoms with Crippen molar-refractivity contribution in [3.8, 4) is 5.75 Å². The molecule has 0 saturated carbocycles. The molecule has 2 heterocycles. The summed E-state index contributed by atoms with van der Waals surface area (Å²) in [6.07, 6.45) is 2.01. The van der Waals surface area contributed by atoms with E-state index in [9.17, 15) is 9.59 Å². The normalized spacial score (nSPS) is 15.5. The number of Topliss-reactive ketones (excluding diaryl/α,β-unsaturated/α-hetero) is 1. The second-order valence-corrected chi connectivity index (χ2v) is 6.80. The van der Waals surface area contributed by atoms with Crippen molar-refractivity contribution in [1.82, 2.24) is 10.2 Å². The zero-order valence-corrected chi connectivity index (χ0v) is 13.9. The first kappa shape index (κ1) is 15.4. The Hall–Kier alpha value is -3.15. The largest absolute Gasteiger partial charge is 0.487 e. The number of hydrogen-bond donors (Lipinski definition) is 2. The number of fused-ring (bicyclic) bond motifs is 2. The number of amides is 1. The van der Waals surface area contributed by atoms with E-state index < -0.39 is 5.60 Å². The molecule has 1 amide bonds. The molecule has 0 saturated heterocycles. The average Bonchev–Trinajstić information content (AvgIpc) is 3.01. The Morgan fingerprint density at radius 3 is 2.92 bits per heavy atom. The smallest absolute Gasteiger partial charge is 0.255 e. The fourth-order valence-electron chi connectivity index (χ4n) is 3.01. The van der Waals surface area contributed by atoms with Gasteiger partial charge in [-0.25, -0.2) is 0 Å². The van der Waals surface area contributed by atoms with Crippen LogP contribution in [-0.2, 0) is 0 Å². The Morgan fingerprint density at radius 1 is 1.24 bits per heavy atom. The molecule has 2 N–H and O–H groups in total. The number of aromatic amines is 1. The third-order valence-electron chi connectivity index (χ3n) is 4.21. The first-order chi connectivity index (χ1) is 11.9. The van der Waals surface area contributed by atoms with Gasteiger partial charge >= 0.3 is 0 Å². The molecule has 2 aromatic carbocycles. The SMILES string of the molecule is CC1(C)CC(=O)c2cc(C(=O)Nc3ccc4cn[nH]c4c3)ccc2O1. The molecule has 6 heteroatoms. The Balaban J connectivity index is 1.60. The molecule has 0 unspecified atom stereocenters. The molecule has 4 rings (SSSR count). The highest BCUT2D eigenvalue weighted by molar-refractivity contribution is 6.08. The van der Waals surface area contributed by atoms with Gasteiger partial charge in [-0.2, -0.15) is 5.10 Å². The van der Waals surface area contributed by atoms with Gasteiger partial charge in [-0.15, -0.1) is 0 Å². The van der Waals surface area contributed by atoms with Crippen molar-refractivity contribution in [2.45, 2.75) is 25.9 Å². The number of nitrogens with zero attached hydrogens (tertiary/aromatic N) is 1. The van der Waals surface area contributed by atoms with Gasteiger partial charge in [-0.05, 0) is 50.2 Å². The third kappa shape index (κ3) is 2.87. The Labute approximate surface area is 144 Å². The van der Waals surface area contributed by atoms with Crippen molar-refractivity contribution >= 4 is 28.3 Å². The van der Waals surface area contributed by atoms with Gasteiger partial charge in [-0.1, -0.05) is 0 Å². The zero-order chi connectivity index (χ0) is 17.6. The minimum Gasteiger partial charge on any atom is -0.487 e. The monoisotopic (exact) mass is 335 g/mol. The van der Waals surface area contributed by atoms with Crippen molar-refractivity contribution < 1.29 is 14.3 Å². The molecular weight excluding hydrogens is 318 g/mol. The van der Waals surface area contributed by atoms with Crippen LogP contribution in [-0.4, -0.2) is 27.5 Å². The van der Waals surface area contributed by atoms with E-state index >= 15 is 0 Å². The number of rotatable bonds is 2. The van der Waals surface area contributed by atoms with Crippen LogP contribution >= 0.6 is 0 Å². The first-order valence-electron chi connectivity index (χ1n) is 8.02. The fraction of sp³-hybridized carbons (Fsp3) is 0.211. The quantitative estimate of drug-likeness (QED) is 0.750. The maximum Gasteiger partial charge on any atom is 0.255 e. The maximum absolute atomic E-state index is 12.5. The van der Waals surface area contributed by atoms with Crippen LogP contribution in [0.3, 0.4) is 0 Å². The van der Waals surface area contributed by atoms with Crippen molar-refractivity contribution in [3.63, 3.8) is 0 Å². The Kier molecular flexibility index (Phi) is 3.35. The molecule has 1 aliphatic heterocycles. The summed E-state index contributed by atoms with van der Waals surface area (Å²) in [5.41, 5.74) is 1.85. The number of carbonyl (C=O) groups is 2. The number of carbonyl (C=O) groups excluding carboxylic acids is 2. The Morgan fingerprint density at radius 2 is 2.08 bits per heavy atom. The number of nitrogens with one attached hydrogen (secondary N) is 2. The number of anilines is 1. The predicted octanol–water partition coefficient (Wildman–Crippen LogP) is 3.56. The number of benzene rings is 2. The van der Waals surface area contributed by atoms with Gasteiger partial charge < -0.3 is 10.1 Å². The van der Waals surface area contributed by atoms with E-state index in [0.717, 1.165) is 10.9 Å². The van der Waals surface area contributed by atoms with Gasteiger partial charge in [0, 0.05) is 16.6 Å². The molecule has 6 nitrogen and oxygen atoms in total. The van der Waals surface area contributed by atoms with Crippen LogP contribution in [0.4, 0.5) is 5.69 Å². The summed E-state index contributed by atoms with van der Waals surface area (Å²) < 4.78 is 5.82. The van der Waals surface area contributed by atoms with Gasteiger partial charge in [0.25, 0.3) is 5.91 Å². The molecule has 0 spiro atoms. The van der Waals surface area contributed by atoms with Crippen LogP contribution in [0, 0.1) is 0 Å². The summed E-state index contributed by atoms with van der Waals surface area (Å²) >= 11 is 0. The standard InChI is InChI=1S/C19H17N3O3/c1-19(2)9-16(23)14-7-11(4-6-17(14)25-19)18(24)21-13-5-3-12-10-20-22-15(12)8-13/h3-8,10H,9H2,1-2H3,(H,20,22)(H,21,24). The molecule has 1 aromatic heterocycles. The molecule has 1 aliphatic rings. The lowest BCUT2D eigenvalue weighted by molar-refractivity contribution is 0.0620. The van der Waals surface area contributed by atoms with E-state index in [2.05, 4.69) is 15.5 Å². The van der Waals surface area contributed by atoms with Crippen molar-refractivity contribution in [2.75, 3.05) is 5.32 Å². The van der Waals surface area contributed by atoms with Crippen LogP contribution in [0.15, 0.2) is 42.6 Å². The predicted molar refractivity (Wildman–Crippen MR) is 94.1 cm³/mol. The lowest BCUT2D eigenvalue weighted by Crippen LogP contribution is -2.36. The van der Waals surface area contributed by atoms with Crippen molar-refractivity contribution in [2.24, 2.45) is 0 Å². The van der Waals surface area contributed by atoms with Gasteiger partial charge in [0.05, 0.1) is 23.7 Å². The minimum absolute atomic E-state index is 0.0141. The van der Waals surface area contributed by atoms with E-state index in [1.807, 2.05) is 32.0 Å². The van der Waals surface area contributed by atoms with E-state index in [0.29, 0.717) is 29.0 Å². The Bertz CT molecular complexity index is 1000. The highest BCUT2D eigenvalue weighted by atomic mass is 16.5. The second kappa shape index (κ2) is 5.44. The van der Waals surface area contributed by atoms with Gasteiger partial charge in [0.15, 0.2) is 5.78 Å². The van der Waals surface area contributed by atoms with Crippen LogP contribution in [0.1, 0.15) is 41.0 Å². The highest BCUT2D eigenvalue weighted by Crippen LogP contribution is 2.33. The molecule has 0 aliphatic carbocycles. The van der Waals surface area contributed by atoms with Crippen LogP contribution < -0.4 is 10.1 Å². The zero-order valence-electron chi connectivity index (χ0n) is 13.9. The van der Waals surface area contributed by atoms with E-state index in [4.69, 9.17) is 4.74 Å². The molecule has 25 heavy (non-hydrogen) atoms. The van der Waals surface area contributed by atoms with Crippen molar-refractivity contribution in [3.05, 3.63) is 53.7 Å². The number of hydrogen-bond acceptors (Lipinski definition) is 4. The summed E-state index contributed by atoms with van der Waals surface area (Å²) in [6, 6.07) is 10.4. The van der Waals surface area contributed by atoms with Crippen LogP contribution in [0.2, 0.25) is 0 Å². The summed E-state index contributed by atoms with van der Waals surface area (Å²) in [7, 11) is 0. The van der Waals surface area contributed by atoms with Crippen LogP contribution in [0.5, 0.6) is 5.75 Å². The van der Waals surface area contributed by atoms with Crippen molar-refractivity contribution in [1.29, 1.82) is 0 Å².